The van der Waals surface area contributed by atoms with Crippen LogP contribution in [-0.2, 0) is 0 Å². The third-order valence-corrected chi connectivity index (χ3v) is 5.90. The molecular formula is C17H34N2. The van der Waals surface area contributed by atoms with Gasteiger partial charge in [0.15, 0.2) is 0 Å². The van der Waals surface area contributed by atoms with Crippen LogP contribution in [0.15, 0.2) is 0 Å². The molecule has 2 rings (SSSR count). The molecule has 2 heteroatoms. The van der Waals surface area contributed by atoms with Crippen molar-refractivity contribution < 1.29 is 0 Å². The highest BCUT2D eigenvalue weighted by atomic mass is 14.8. The number of hydrogen-bond acceptors (Lipinski definition) is 2. The third-order valence-electron chi connectivity index (χ3n) is 5.90. The van der Waals surface area contributed by atoms with Gasteiger partial charge in [-0.2, -0.15) is 0 Å². The molecule has 0 atom stereocenters. The maximum absolute atomic E-state index is 6.68. The van der Waals surface area contributed by atoms with E-state index in [1.807, 2.05) is 0 Å². The molecule has 0 heterocycles. The molecule has 0 saturated heterocycles. The van der Waals surface area contributed by atoms with Crippen LogP contribution in [0.25, 0.3) is 0 Å². The zero-order valence-electron chi connectivity index (χ0n) is 13.5. The van der Waals surface area contributed by atoms with Crippen LogP contribution in [0.4, 0.5) is 0 Å². The first-order chi connectivity index (χ1) is 8.54. The van der Waals surface area contributed by atoms with E-state index in [1.165, 1.54) is 25.7 Å². The van der Waals surface area contributed by atoms with E-state index in [1.54, 1.807) is 0 Å². The van der Waals surface area contributed by atoms with Crippen LogP contribution in [0, 0.1) is 10.8 Å². The van der Waals surface area contributed by atoms with Crippen molar-refractivity contribution in [2.24, 2.45) is 22.3 Å². The van der Waals surface area contributed by atoms with E-state index in [4.69, 9.17) is 11.5 Å². The van der Waals surface area contributed by atoms with Crippen molar-refractivity contribution in [1.82, 2.24) is 0 Å². The minimum atomic E-state index is 0.00571. The Morgan fingerprint density at radius 2 is 0.842 bits per heavy atom. The third kappa shape index (κ3) is 3.95. The molecule has 0 radical (unpaired) electrons. The Kier molecular flexibility index (Phi) is 3.81. The minimum Gasteiger partial charge on any atom is -0.325 e. The van der Waals surface area contributed by atoms with Crippen LogP contribution in [-0.4, -0.2) is 11.1 Å². The van der Waals surface area contributed by atoms with Gasteiger partial charge in [0.05, 0.1) is 0 Å². The van der Waals surface area contributed by atoms with Gasteiger partial charge >= 0.3 is 0 Å². The van der Waals surface area contributed by atoms with Gasteiger partial charge < -0.3 is 11.5 Å². The first-order valence-corrected chi connectivity index (χ1v) is 8.11. The van der Waals surface area contributed by atoms with Gasteiger partial charge in [-0.1, -0.05) is 27.7 Å². The summed E-state index contributed by atoms with van der Waals surface area (Å²) in [4.78, 5) is 0. The first kappa shape index (κ1) is 15.3. The standard InChI is InChI=1S/C17H34N2/c1-14(2)5-9-16(18,10-6-14)13-17(19)11-7-15(3,4)8-12-17/h5-13,18-19H2,1-4H3. The summed E-state index contributed by atoms with van der Waals surface area (Å²) in [7, 11) is 0. The fourth-order valence-corrected chi connectivity index (χ4v) is 3.90. The summed E-state index contributed by atoms with van der Waals surface area (Å²) in [5.74, 6) is 0. The number of rotatable bonds is 2. The smallest absolute Gasteiger partial charge is 0.0172 e. The molecule has 2 aliphatic carbocycles. The SMILES string of the molecule is CC1(C)CCC(N)(CC2(N)CCC(C)(C)CC2)CC1. The number of nitrogens with two attached hydrogens (primary N) is 2. The highest BCUT2D eigenvalue weighted by Gasteiger charge is 2.43. The Morgan fingerprint density at radius 3 is 1.11 bits per heavy atom. The van der Waals surface area contributed by atoms with Crippen LogP contribution >= 0.6 is 0 Å². The summed E-state index contributed by atoms with van der Waals surface area (Å²) in [5.41, 5.74) is 14.3. The molecule has 0 aliphatic heterocycles. The fourth-order valence-electron chi connectivity index (χ4n) is 3.90. The van der Waals surface area contributed by atoms with Gasteiger partial charge in [0, 0.05) is 11.1 Å². The molecule has 2 saturated carbocycles. The largest absolute Gasteiger partial charge is 0.325 e. The summed E-state index contributed by atoms with van der Waals surface area (Å²) in [6.07, 6.45) is 10.7. The van der Waals surface area contributed by atoms with Crippen LogP contribution in [0.2, 0.25) is 0 Å². The molecule has 4 N–H and O–H groups in total. The van der Waals surface area contributed by atoms with Gasteiger partial charge in [-0.25, -0.2) is 0 Å². The van der Waals surface area contributed by atoms with Gasteiger partial charge in [0.1, 0.15) is 0 Å². The van der Waals surface area contributed by atoms with E-state index in [9.17, 15) is 0 Å². The van der Waals surface area contributed by atoms with E-state index in [2.05, 4.69) is 27.7 Å². The Hall–Kier alpha value is -0.0800. The van der Waals surface area contributed by atoms with Crippen molar-refractivity contribution in [3.8, 4) is 0 Å². The molecular weight excluding hydrogens is 232 g/mol. The maximum atomic E-state index is 6.68. The lowest BCUT2D eigenvalue weighted by Crippen LogP contribution is -2.56. The van der Waals surface area contributed by atoms with E-state index >= 15 is 0 Å². The summed E-state index contributed by atoms with van der Waals surface area (Å²) >= 11 is 0. The van der Waals surface area contributed by atoms with Crippen LogP contribution in [0.3, 0.4) is 0 Å². The molecule has 2 fully saturated rings. The summed E-state index contributed by atoms with van der Waals surface area (Å²) in [6.45, 7) is 9.48. The quantitative estimate of drug-likeness (QED) is 0.794. The van der Waals surface area contributed by atoms with Crippen molar-refractivity contribution in [2.45, 2.75) is 96.6 Å². The lowest BCUT2D eigenvalue weighted by Gasteiger charge is -2.48. The topological polar surface area (TPSA) is 52.0 Å². The molecule has 0 unspecified atom stereocenters. The molecule has 0 aromatic heterocycles. The average molecular weight is 266 g/mol. The molecule has 0 bridgehead atoms. The molecule has 0 amide bonds. The van der Waals surface area contributed by atoms with Crippen molar-refractivity contribution in [1.29, 1.82) is 0 Å². The second-order valence-corrected chi connectivity index (χ2v) is 9.23. The molecule has 2 aliphatic rings. The van der Waals surface area contributed by atoms with Crippen molar-refractivity contribution in [3.63, 3.8) is 0 Å². The second-order valence-electron chi connectivity index (χ2n) is 9.23. The van der Waals surface area contributed by atoms with Gasteiger partial charge in [0.25, 0.3) is 0 Å². The van der Waals surface area contributed by atoms with Gasteiger partial charge in [0.2, 0.25) is 0 Å². The Balaban J connectivity index is 1.94. The van der Waals surface area contributed by atoms with E-state index in [0.717, 1.165) is 32.1 Å². The molecule has 0 spiro atoms. The monoisotopic (exact) mass is 266 g/mol. The highest BCUT2D eigenvalue weighted by Crippen LogP contribution is 2.46. The first-order valence-electron chi connectivity index (χ1n) is 8.11. The van der Waals surface area contributed by atoms with Crippen LogP contribution < -0.4 is 11.5 Å². The zero-order valence-corrected chi connectivity index (χ0v) is 13.5. The minimum absolute atomic E-state index is 0.00571. The van der Waals surface area contributed by atoms with Gasteiger partial charge in [-0.05, 0) is 68.6 Å². The van der Waals surface area contributed by atoms with Crippen LogP contribution in [0.5, 0.6) is 0 Å². The Labute approximate surface area is 119 Å². The normalized spacial score (nSPS) is 31.9. The summed E-state index contributed by atoms with van der Waals surface area (Å²) in [5, 5.41) is 0. The summed E-state index contributed by atoms with van der Waals surface area (Å²) < 4.78 is 0. The maximum Gasteiger partial charge on any atom is 0.0172 e. The average Bonchev–Trinajstić information content (AvgIpc) is 2.29. The van der Waals surface area contributed by atoms with Crippen molar-refractivity contribution >= 4 is 0 Å². The lowest BCUT2D eigenvalue weighted by molar-refractivity contribution is 0.0954. The van der Waals surface area contributed by atoms with E-state index < -0.39 is 0 Å². The zero-order chi connectivity index (χ0) is 14.4. The lowest BCUT2D eigenvalue weighted by atomic mass is 9.62. The van der Waals surface area contributed by atoms with Crippen molar-refractivity contribution in [2.75, 3.05) is 0 Å². The van der Waals surface area contributed by atoms with E-state index in [-0.39, 0.29) is 11.1 Å². The van der Waals surface area contributed by atoms with E-state index in [0.29, 0.717) is 10.8 Å². The second kappa shape index (κ2) is 4.73. The molecule has 112 valence electrons. The molecule has 0 aromatic carbocycles. The number of hydrogen-bond donors (Lipinski definition) is 2. The molecule has 19 heavy (non-hydrogen) atoms. The Bertz CT molecular complexity index is 278. The predicted molar refractivity (Wildman–Crippen MR) is 83.0 cm³/mol. The molecule has 0 aromatic rings. The predicted octanol–water partition coefficient (Wildman–Crippen LogP) is 3.97. The van der Waals surface area contributed by atoms with Gasteiger partial charge in [-0.15, -0.1) is 0 Å². The van der Waals surface area contributed by atoms with Gasteiger partial charge in [-0.3, -0.25) is 0 Å². The Morgan fingerprint density at radius 1 is 0.579 bits per heavy atom. The van der Waals surface area contributed by atoms with Crippen molar-refractivity contribution in [3.05, 3.63) is 0 Å². The summed E-state index contributed by atoms with van der Waals surface area (Å²) in [6, 6.07) is 0. The highest BCUT2D eigenvalue weighted by molar-refractivity contribution is 5.02. The molecule has 2 nitrogen and oxygen atoms in total. The fraction of sp³-hybridized carbons (Fsp3) is 1.00. The van der Waals surface area contributed by atoms with Crippen LogP contribution in [0.1, 0.15) is 85.5 Å².